The molecule has 0 aliphatic heterocycles. The zero-order valence-electron chi connectivity index (χ0n) is 9.00. The number of rotatable bonds is 4. The lowest BCUT2D eigenvalue weighted by molar-refractivity contribution is 0.0511. The lowest BCUT2D eigenvalue weighted by Gasteiger charge is -2.07. The Labute approximate surface area is 95.1 Å². The first kappa shape index (κ1) is 10.8. The van der Waals surface area contributed by atoms with E-state index in [4.69, 9.17) is 21.1 Å². The fourth-order valence-electron chi connectivity index (χ4n) is 1.78. The largest absolute Gasteiger partial charge is 0.468 e. The highest BCUT2D eigenvalue weighted by molar-refractivity contribution is 6.31. The highest BCUT2D eigenvalue weighted by Gasteiger charge is 2.35. The average molecular weight is 227 g/mol. The summed E-state index contributed by atoms with van der Waals surface area (Å²) < 4.78 is 10.1. The van der Waals surface area contributed by atoms with Gasteiger partial charge in [-0.2, -0.15) is 0 Å². The first-order valence-electron chi connectivity index (χ1n) is 5.13. The number of hydrogen-bond acceptors (Lipinski definition) is 2. The van der Waals surface area contributed by atoms with Gasteiger partial charge in [-0.25, -0.2) is 0 Å². The van der Waals surface area contributed by atoms with Gasteiger partial charge in [-0.3, -0.25) is 0 Å². The molecule has 0 saturated heterocycles. The zero-order valence-corrected chi connectivity index (χ0v) is 9.75. The van der Waals surface area contributed by atoms with Crippen LogP contribution in [0.3, 0.4) is 0 Å². The Morgan fingerprint density at radius 3 is 2.73 bits per heavy atom. The molecule has 3 heteroatoms. The Morgan fingerprint density at radius 1 is 1.47 bits per heavy atom. The number of methoxy groups -OCH3 is 1. The first-order chi connectivity index (χ1) is 7.22. The zero-order chi connectivity index (χ0) is 10.8. The minimum absolute atomic E-state index is 0.259. The van der Waals surface area contributed by atoms with Crippen LogP contribution in [0.2, 0.25) is 5.02 Å². The normalized spacial score (nSPS) is 23.9. The molecule has 0 spiro atoms. The summed E-state index contributed by atoms with van der Waals surface area (Å²) in [6.45, 7) is 2.51. The Kier molecular flexibility index (Phi) is 3.17. The number of hydrogen-bond donors (Lipinski definition) is 0. The molecule has 82 valence electrons. The molecule has 1 aliphatic carbocycles. The monoisotopic (exact) mass is 226 g/mol. The van der Waals surface area contributed by atoms with Crippen molar-refractivity contribution in [3.05, 3.63) is 28.8 Å². The molecule has 1 aliphatic rings. The van der Waals surface area contributed by atoms with E-state index < -0.39 is 0 Å². The Bertz CT molecular complexity index is 351. The minimum atomic E-state index is 0.259. The fourth-order valence-corrected chi connectivity index (χ4v) is 2.09. The van der Waals surface area contributed by atoms with Crippen molar-refractivity contribution >= 4 is 11.6 Å². The van der Waals surface area contributed by atoms with Crippen molar-refractivity contribution in [3.8, 4) is 5.75 Å². The van der Waals surface area contributed by atoms with E-state index >= 15 is 0 Å². The summed E-state index contributed by atoms with van der Waals surface area (Å²) in [5, 5.41) is 0.804. The van der Waals surface area contributed by atoms with Crippen LogP contribution >= 0.6 is 11.6 Å². The molecule has 2 rings (SSSR count). The molecule has 0 radical (unpaired) electrons. The van der Waals surface area contributed by atoms with Crippen LogP contribution in [0.5, 0.6) is 5.75 Å². The molecule has 2 atom stereocenters. The topological polar surface area (TPSA) is 18.5 Å². The van der Waals surface area contributed by atoms with Crippen LogP contribution in [0.25, 0.3) is 0 Å². The second-order valence-corrected chi connectivity index (χ2v) is 4.46. The van der Waals surface area contributed by atoms with Gasteiger partial charge in [-0.1, -0.05) is 24.6 Å². The van der Waals surface area contributed by atoms with Crippen molar-refractivity contribution in [1.82, 2.24) is 0 Å². The maximum Gasteiger partial charge on any atom is 0.188 e. The van der Waals surface area contributed by atoms with Gasteiger partial charge >= 0.3 is 0 Å². The van der Waals surface area contributed by atoms with Crippen LogP contribution in [0.1, 0.15) is 24.8 Å². The van der Waals surface area contributed by atoms with Gasteiger partial charge in [0.15, 0.2) is 6.79 Å². The van der Waals surface area contributed by atoms with Gasteiger partial charge in [0, 0.05) is 12.1 Å². The van der Waals surface area contributed by atoms with E-state index in [1.807, 2.05) is 12.1 Å². The van der Waals surface area contributed by atoms with E-state index in [9.17, 15) is 0 Å². The van der Waals surface area contributed by atoms with Crippen LogP contribution < -0.4 is 4.74 Å². The first-order valence-corrected chi connectivity index (χ1v) is 5.51. The molecule has 0 heterocycles. The third-order valence-corrected chi connectivity index (χ3v) is 3.15. The van der Waals surface area contributed by atoms with E-state index in [1.54, 1.807) is 7.11 Å². The quantitative estimate of drug-likeness (QED) is 0.733. The van der Waals surface area contributed by atoms with Crippen LogP contribution in [0.15, 0.2) is 18.2 Å². The summed E-state index contributed by atoms with van der Waals surface area (Å²) in [4.78, 5) is 0. The highest BCUT2D eigenvalue weighted by Crippen LogP contribution is 2.49. The number of benzene rings is 1. The highest BCUT2D eigenvalue weighted by atomic mass is 35.5. The molecule has 0 aromatic heterocycles. The molecule has 0 unspecified atom stereocenters. The predicted molar refractivity (Wildman–Crippen MR) is 60.5 cm³/mol. The second kappa shape index (κ2) is 4.42. The van der Waals surface area contributed by atoms with Crippen molar-refractivity contribution in [2.24, 2.45) is 5.92 Å². The van der Waals surface area contributed by atoms with Crippen LogP contribution in [0.4, 0.5) is 0 Å². The minimum Gasteiger partial charge on any atom is -0.468 e. The Hall–Kier alpha value is -0.730. The molecule has 1 aromatic rings. The lowest BCUT2D eigenvalue weighted by atomic mass is 10.1. The summed E-state index contributed by atoms with van der Waals surface area (Å²) in [5.74, 6) is 2.18. The SMILES string of the molecule is COCOc1ccc([C@@H]2C[C@@H]2C)c(Cl)c1. The smallest absolute Gasteiger partial charge is 0.188 e. The molecule has 0 N–H and O–H groups in total. The van der Waals surface area contributed by atoms with E-state index in [2.05, 4.69) is 13.0 Å². The molecule has 0 bridgehead atoms. The maximum absolute atomic E-state index is 6.19. The van der Waals surface area contributed by atoms with E-state index in [0.717, 1.165) is 16.7 Å². The predicted octanol–water partition coefficient (Wildman–Crippen LogP) is 3.45. The number of ether oxygens (including phenoxy) is 2. The van der Waals surface area contributed by atoms with Crippen molar-refractivity contribution in [1.29, 1.82) is 0 Å². The van der Waals surface area contributed by atoms with Crippen molar-refractivity contribution < 1.29 is 9.47 Å². The van der Waals surface area contributed by atoms with Gasteiger partial charge in [0.05, 0.1) is 0 Å². The average Bonchev–Trinajstić information content (AvgIpc) is 2.92. The van der Waals surface area contributed by atoms with Crippen molar-refractivity contribution in [2.75, 3.05) is 13.9 Å². The second-order valence-electron chi connectivity index (χ2n) is 4.05. The van der Waals surface area contributed by atoms with Gasteiger partial charge in [-0.05, 0) is 36.0 Å². The summed E-state index contributed by atoms with van der Waals surface area (Å²) >= 11 is 6.19. The van der Waals surface area contributed by atoms with Crippen molar-refractivity contribution in [2.45, 2.75) is 19.3 Å². The van der Waals surface area contributed by atoms with Gasteiger partial charge in [0.2, 0.25) is 0 Å². The standard InChI is InChI=1S/C12H15ClO2/c1-8-5-11(8)10-4-3-9(6-12(10)13)15-7-14-2/h3-4,6,8,11H,5,7H2,1-2H3/t8-,11+/m0/s1. The lowest BCUT2D eigenvalue weighted by Crippen LogP contribution is -1.99. The van der Waals surface area contributed by atoms with Crippen LogP contribution in [-0.2, 0) is 4.74 Å². The molecular formula is C12H15ClO2. The third-order valence-electron chi connectivity index (χ3n) is 2.82. The summed E-state index contributed by atoms with van der Waals surface area (Å²) in [6, 6.07) is 5.87. The van der Waals surface area contributed by atoms with Gasteiger partial charge < -0.3 is 9.47 Å². The molecule has 1 aromatic carbocycles. The third kappa shape index (κ3) is 2.44. The Morgan fingerprint density at radius 2 is 2.20 bits per heavy atom. The van der Waals surface area contributed by atoms with Gasteiger partial charge in [-0.15, -0.1) is 0 Å². The number of halogens is 1. The van der Waals surface area contributed by atoms with Gasteiger partial charge in [0.25, 0.3) is 0 Å². The van der Waals surface area contributed by atoms with Gasteiger partial charge in [0.1, 0.15) is 5.75 Å². The molecular weight excluding hydrogens is 212 g/mol. The van der Waals surface area contributed by atoms with E-state index in [0.29, 0.717) is 5.92 Å². The summed E-state index contributed by atoms with van der Waals surface area (Å²) in [6.07, 6.45) is 1.25. The molecule has 2 nitrogen and oxygen atoms in total. The molecule has 15 heavy (non-hydrogen) atoms. The Balaban J connectivity index is 2.09. The summed E-state index contributed by atoms with van der Waals surface area (Å²) in [5.41, 5.74) is 1.24. The van der Waals surface area contributed by atoms with Crippen molar-refractivity contribution in [3.63, 3.8) is 0 Å². The van der Waals surface area contributed by atoms with E-state index in [-0.39, 0.29) is 6.79 Å². The fraction of sp³-hybridized carbons (Fsp3) is 0.500. The molecule has 1 saturated carbocycles. The maximum atomic E-state index is 6.19. The van der Waals surface area contributed by atoms with Crippen LogP contribution in [0, 0.1) is 5.92 Å². The molecule has 0 amide bonds. The summed E-state index contributed by atoms with van der Waals surface area (Å²) in [7, 11) is 1.60. The van der Waals surface area contributed by atoms with E-state index in [1.165, 1.54) is 12.0 Å². The van der Waals surface area contributed by atoms with Crippen LogP contribution in [-0.4, -0.2) is 13.9 Å². The molecule has 1 fully saturated rings.